The van der Waals surface area contributed by atoms with Gasteiger partial charge in [-0.15, -0.1) is 0 Å². The van der Waals surface area contributed by atoms with Crippen LogP contribution in [0.2, 0.25) is 0 Å². The first-order valence-corrected chi connectivity index (χ1v) is 21.3. The number of nitrogens with zero attached hydrogens (tertiary/aromatic N) is 2. The van der Waals surface area contributed by atoms with E-state index in [1.807, 2.05) is 0 Å². The lowest BCUT2D eigenvalue weighted by molar-refractivity contribution is 0.00425. The molecule has 3 rings (SSSR count). The Balaban J connectivity index is 1.94. The van der Waals surface area contributed by atoms with Crippen molar-refractivity contribution in [2.75, 3.05) is 20.6 Å². The zero-order valence-electron chi connectivity index (χ0n) is 36.6. The van der Waals surface area contributed by atoms with E-state index in [9.17, 15) is 0 Å². The minimum atomic E-state index is 0.264. The van der Waals surface area contributed by atoms with Crippen LogP contribution in [0.15, 0.2) is 36.4 Å². The highest BCUT2D eigenvalue weighted by Crippen LogP contribution is 2.51. The first kappa shape index (κ1) is 43.3. The van der Waals surface area contributed by atoms with Crippen molar-refractivity contribution in [3.63, 3.8) is 0 Å². The van der Waals surface area contributed by atoms with E-state index >= 15 is 0 Å². The molecule has 50 heavy (non-hydrogen) atoms. The number of hydrogen-bond acceptors (Lipinski definition) is 2. The number of allylic oxidation sites excluding steroid dienone is 1. The highest BCUT2D eigenvalue weighted by Gasteiger charge is 2.45. The van der Waals surface area contributed by atoms with Gasteiger partial charge in [0.15, 0.2) is 0 Å². The standard InChI is InChI=1S/C48H86N2/c1-19-44-26-34(6)35(7)36(8)37(9)45(47(13,14)28-33(5)29-49(17)40(12)39(11)48(44,15)16)27-43-24-32(4)25-46(38(43)10)50(18)30-41-20-22-42(23-21-41)31(2)3/h20-23,31-33,35-40,43-46H,6,19,24-30H2,1-5,7-18H3/t32-,33+,35-,36+,37-,38-,39+,40+,43-,44-,45+,46-/m0/s1. The quantitative estimate of drug-likeness (QED) is 0.263. The SMILES string of the molecule is C=C1C[C@H](CC)C(C)(C)[C@H](C)[C@@H](C)N(C)C[C@H](C)CC(C)(C)[C@H](C[C@@H]2C[C@H](C)C[C@H](N(C)Cc3ccc(C(C)C)cc3)[C@H]2C)[C@@H](C)[C@H](C)[C@H]1C. The van der Waals surface area contributed by atoms with Crippen molar-refractivity contribution < 1.29 is 0 Å². The highest BCUT2D eigenvalue weighted by molar-refractivity contribution is 5.24. The monoisotopic (exact) mass is 691 g/mol. The Labute approximate surface area is 314 Å². The van der Waals surface area contributed by atoms with Crippen molar-refractivity contribution in [3.05, 3.63) is 47.5 Å². The van der Waals surface area contributed by atoms with Crippen LogP contribution in [0.25, 0.3) is 0 Å². The molecular formula is C48H86N2. The number of rotatable bonds is 7. The second kappa shape index (κ2) is 17.8. The second-order valence-corrected chi connectivity index (χ2v) is 20.5. The molecular weight excluding hydrogens is 605 g/mol. The van der Waals surface area contributed by atoms with E-state index < -0.39 is 0 Å². The van der Waals surface area contributed by atoms with E-state index in [-0.39, 0.29) is 10.8 Å². The number of hydrogen-bond donors (Lipinski definition) is 0. The molecule has 0 N–H and O–H groups in total. The molecule has 1 aromatic rings. The lowest BCUT2D eigenvalue weighted by Crippen LogP contribution is -2.47. The molecule has 12 atom stereocenters. The second-order valence-electron chi connectivity index (χ2n) is 20.5. The van der Waals surface area contributed by atoms with Gasteiger partial charge in [-0.2, -0.15) is 0 Å². The molecule has 1 saturated carbocycles. The smallest absolute Gasteiger partial charge is 0.0233 e. The highest BCUT2D eigenvalue weighted by atomic mass is 15.1. The van der Waals surface area contributed by atoms with Gasteiger partial charge in [-0.3, -0.25) is 4.90 Å². The predicted octanol–water partition coefficient (Wildman–Crippen LogP) is 13.2. The molecule has 1 aromatic carbocycles. The van der Waals surface area contributed by atoms with E-state index in [0.717, 1.165) is 18.4 Å². The van der Waals surface area contributed by atoms with E-state index in [1.54, 1.807) is 0 Å². The summed E-state index contributed by atoms with van der Waals surface area (Å²) in [5, 5.41) is 0. The third-order valence-electron chi connectivity index (χ3n) is 15.9. The first-order chi connectivity index (χ1) is 23.1. The fourth-order valence-electron chi connectivity index (χ4n) is 11.4. The minimum absolute atomic E-state index is 0.264. The molecule has 2 fully saturated rings. The Hall–Kier alpha value is -1.12. The van der Waals surface area contributed by atoms with E-state index in [2.05, 4.69) is 152 Å². The molecule has 2 nitrogen and oxygen atoms in total. The summed E-state index contributed by atoms with van der Waals surface area (Å²) in [4.78, 5) is 5.42. The summed E-state index contributed by atoms with van der Waals surface area (Å²) in [5.74, 6) is 7.27. The summed E-state index contributed by atoms with van der Waals surface area (Å²) < 4.78 is 0. The van der Waals surface area contributed by atoms with Crippen LogP contribution >= 0.6 is 0 Å². The molecule has 2 heteroatoms. The Morgan fingerprint density at radius 3 is 2.02 bits per heavy atom. The van der Waals surface area contributed by atoms with Gasteiger partial charge < -0.3 is 4.90 Å². The van der Waals surface area contributed by atoms with Gasteiger partial charge in [-0.1, -0.05) is 140 Å². The van der Waals surface area contributed by atoms with Crippen LogP contribution in [0.4, 0.5) is 0 Å². The predicted molar refractivity (Wildman–Crippen MR) is 223 cm³/mol. The summed E-state index contributed by atoms with van der Waals surface area (Å²) in [6, 6.07) is 10.6. The molecule has 1 aliphatic heterocycles. The molecule has 0 bridgehead atoms. The van der Waals surface area contributed by atoms with Gasteiger partial charge in [-0.05, 0) is 140 Å². The van der Waals surface area contributed by atoms with Crippen LogP contribution in [0.3, 0.4) is 0 Å². The lowest BCUT2D eigenvalue weighted by atomic mass is 9.58. The summed E-state index contributed by atoms with van der Waals surface area (Å²) >= 11 is 0. The average molecular weight is 691 g/mol. The summed E-state index contributed by atoms with van der Waals surface area (Å²) in [6.07, 6.45) is 7.75. The van der Waals surface area contributed by atoms with Crippen LogP contribution in [0, 0.1) is 70.0 Å². The summed E-state index contributed by atoms with van der Waals surface area (Å²) in [7, 11) is 4.81. The molecule has 288 valence electrons. The topological polar surface area (TPSA) is 6.48 Å². The zero-order chi connectivity index (χ0) is 37.9. The minimum Gasteiger partial charge on any atom is -0.303 e. The lowest BCUT2D eigenvalue weighted by Gasteiger charge is -2.49. The molecule has 2 aliphatic rings. The van der Waals surface area contributed by atoms with Crippen molar-refractivity contribution in [2.24, 2.45) is 70.0 Å². The Kier molecular flexibility index (Phi) is 15.4. The fourth-order valence-corrected chi connectivity index (χ4v) is 11.4. The van der Waals surface area contributed by atoms with Crippen LogP contribution < -0.4 is 0 Å². The van der Waals surface area contributed by atoms with Crippen molar-refractivity contribution >= 4 is 0 Å². The van der Waals surface area contributed by atoms with E-state index in [0.29, 0.717) is 65.3 Å². The summed E-state index contributed by atoms with van der Waals surface area (Å²) in [6.45, 7) is 45.0. The molecule has 0 spiro atoms. The number of benzene rings is 1. The van der Waals surface area contributed by atoms with Crippen molar-refractivity contribution in [3.8, 4) is 0 Å². The van der Waals surface area contributed by atoms with Crippen LogP contribution in [-0.2, 0) is 6.54 Å². The largest absolute Gasteiger partial charge is 0.303 e. The van der Waals surface area contributed by atoms with Gasteiger partial charge in [-0.25, -0.2) is 0 Å². The van der Waals surface area contributed by atoms with Gasteiger partial charge in [0.2, 0.25) is 0 Å². The fraction of sp³-hybridized carbons (Fsp3) is 0.833. The van der Waals surface area contributed by atoms with Crippen molar-refractivity contribution in [1.29, 1.82) is 0 Å². The van der Waals surface area contributed by atoms with Gasteiger partial charge in [0, 0.05) is 25.2 Å². The first-order valence-electron chi connectivity index (χ1n) is 21.3. The summed E-state index contributed by atoms with van der Waals surface area (Å²) in [5.41, 5.74) is 4.93. The van der Waals surface area contributed by atoms with Gasteiger partial charge >= 0.3 is 0 Å². The average Bonchev–Trinajstić information content (AvgIpc) is 3.04. The van der Waals surface area contributed by atoms with Gasteiger partial charge in [0.1, 0.15) is 0 Å². The molecule has 1 aliphatic carbocycles. The molecule has 1 heterocycles. The van der Waals surface area contributed by atoms with E-state index in [1.165, 1.54) is 61.8 Å². The molecule has 0 unspecified atom stereocenters. The molecule has 0 amide bonds. The third-order valence-corrected chi connectivity index (χ3v) is 15.9. The van der Waals surface area contributed by atoms with E-state index in [4.69, 9.17) is 6.58 Å². The maximum absolute atomic E-state index is 4.86. The molecule has 0 radical (unpaired) electrons. The van der Waals surface area contributed by atoms with Crippen LogP contribution in [0.1, 0.15) is 159 Å². The normalized spacial score (nSPS) is 38.2. The Morgan fingerprint density at radius 1 is 0.860 bits per heavy atom. The van der Waals surface area contributed by atoms with Gasteiger partial charge in [0.05, 0.1) is 0 Å². The maximum Gasteiger partial charge on any atom is 0.0233 e. The third kappa shape index (κ3) is 10.3. The van der Waals surface area contributed by atoms with Gasteiger partial charge in [0.25, 0.3) is 0 Å². The molecule has 0 aromatic heterocycles. The zero-order valence-corrected chi connectivity index (χ0v) is 36.6. The Bertz CT molecular complexity index is 1180. The molecule has 1 saturated heterocycles. The van der Waals surface area contributed by atoms with Crippen molar-refractivity contribution in [1.82, 2.24) is 9.80 Å². The van der Waals surface area contributed by atoms with Crippen LogP contribution in [0.5, 0.6) is 0 Å². The van der Waals surface area contributed by atoms with Crippen molar-refractivity contribution in [2.45, 2.75) is 167 Å². The van der Waals surface area contributed by atoms with Crippen LogP contribution in [-0.4, -0.2) is 42.5 Å². The Morgan fingerprint density at radius 2 is 1.46 bits per heavy atom. The maximum atomic E-state index is 4.86.